The lowest BCUT2D eigenvalue weighted by Crippen LogP contribution is -2.41. The average Bonchev–Trinajstić information content (AvgIpc) is 3.11. The van der Waals surface area contributed by atoms with Gasteiger partial charge in [-0.3, -0.25) is 9.59 Å². The van der Waals surface area contributed by atoms with Crippen LogP contribution in [0.4, 0.5) is 0 Å². The van der Waals surface area contributed by atoms with E-state index in [4.69, 9.17) is 4.74 Å². The van der Waals surface area contributed by atoms with E-state index in [1.807, 2.05) is 4.57 Å². The summed E-state index contributed by atoms with van der Waals surface area (Å²) in [6, 6.07) is 6.79. The van der Waals surface area contributed by atoms with Gasteiger partial charge in [0.2, 0.25) is 5.91 Å². The Balaban J connectivity index is 1.40. The van der Waals surface area contributed by atoms with Crippen molar-refractivity contribution in [2.45, 2.75) is 26.2 Å². The fourth-order valence-electron chi connectivity index (χ4n) is 2.86. The lowest BCUT2D eigenvalue weighted by atomic mass is 10.3. The Morgan fingerprint density at radius 3 is 2.78 bits per heavy atom. The molecule has 27 heavy (non-hydrogen) atoms. The monoisotopic (exact) mass is 367 g/mol. The highest BCUT2D eigenvalue weighted by molar-refractivity contribution is 5.76. The molecule has 0 N–H and O–H groups in total. The largest absolute Gasteiger partial charge is 0.455 e. The van der Waals surface area contributed by atoms with Crippen molar-refractivity contribution in [1.82, 2.24) is 34.2 Å². The highest BCUT2D eigenvalue weighted by atomic mass is 16.5. The average molecular weight is 367 g/mol. The van der Waals surface area contributed by atoms with Gasteiger partial charge in [0.25, 0.3) is 5.56 Å². The van der Waals surface area contributed by atoms with E-state index in [0.29, 0.717) is 31.3 Å². The molecule has 4 heterocycles. The number of aromatic nitrogens is 6. The molecule has 4 rings (SSSR count). The van der Waals surface area contributed by atoms with Crippen LogP contribution in [0.15, 0.2) is 47.7 Å². The first-order valence-electron chi connectivity index (χ1n) is 8.45. The highest BCUT2D eigenvalue weighted by Crippen LogP contribution is 2.14. The third-order valence-electron chi connectivity index (χ3n) is 4.26. The van der Waals surface area contributed by atoms with Gasteiger partial charge >= 0.3 is 6.01 Å². The summed E-state index contributed by atoms with van der Waals surface area (Å²) in [6.45, 7) is 1.63. The zero-order chi connectivity index (χ0) is 18.6. The molecular weight excluding hydrogens is 350 g/mol. The molecule has 0 atom stereocenters. The molecule has 10 nitrogen and oxygen atoms in total. The fraction of sp³-hybridized carbons (Fsp3) is 0.294. The zero-order valence-electron chi connectivity index (χ0n) is 14.4. The summed E-state index contributed by atoms with van der Waals surface area (Å²) in [6.07, 6.45) is 4.81. The molecule has 0 bridgehead atoms. The van der Waals surface area contributed by atoms with E-state index in [0.717, 1.165) is 0 Å². The van der Waals surface area contributed by atoms with Gasteiger partial charge in [0, 0.05) is 37.7 Å². The minimum Gasteiger partial charge on any atom is -0.455 e. The van der Waals surface area contributed by atoms with Gasteiger partial charge in [0.05, 0.1) is 6.54 Å². The van der Waals surface area contributed by atoms with Crippen molar-refractivity contribution in [1.29, 1.82) is 0 Å². The standard InChI is InChI=1S/C17H17N7O3/c25-15-4-1-2-7-22(15)11-16(26)23-8-9-24-13(10-23)20-21-14(24)12-27-17-18-5-3-6-19-17/h1-7H,8-12H2. The molecule has 0 aliphatic carbocycles. The van der Waals surface area contributed by atoms with Crippen LogP contribution in [0.1, 0.15) is 11.6 Å². The van der Waals surface area contributed by atoms with Crippen molar-refractivity contribution >= 4 is 5.91 Å². The first kappa shape index (κ1) is 16.9. The maximum absolute atomic E-state index is 12.5. The Labute approximate surface area is 154 Å². The zero-order valence-corrected chi connectivity index (χ0v) is 14.4. The SMILES string of the molecule is O=C(Cn1ccccc1=O)N1CCn2c(COc3ncccn3)nnc2C1. The molecule has 1 aliphatic rings. The minimum absolute atomic E-state index is 0.00905. The maximum Gasteiger partial charge on any atom is 0.316 e. The number of nitrogens with zero attached hydrogens (tertiary/aromatic N) is 7. The molecular formula is C17H17N7O3. The maximum atomic E-state index is 12.5. The number of ether oxygens (including phenoxy) is 1. The van der Waals surface area contributed by atoms with Gasteiger partial charge in [-0.2, -0.15) is 0 Å². The molecule has 0 aromatic carbocycles. The van der Waals surface area contributed by atoms with Gasteiger partial charge in [-0.1, -0.05) is 6.07 Å². The van der Waals surface area contributed by atoms with Crippen LogP contribution in [0.3, 0.4) is 0 Å². The van der Waals surface area contributed by atoms with Crippen LogP contribution in [-0.2, 0) is 31.0 Å². The second kappa shape index (κ2) is 7.36. The van der Waals surface area contributed by atoms with E-state index >= 15 is 0 Å². The van der Waals surface area contributed by atoms with Gasteiger partial charge in [-0.05, 0) is 12.1 Å². The van der Waals surface area contributed by atoms with Crippen molar-refractivity contribution < 1.29 is 9.53 Å². The minimum atomic E-state index is -0.200. The van der Waals surface area contributed by atoms with E-state index in [1.165, 1.54) is 10.6 Å². The fourth-order valence-corrected chi connectivity index (χ4v) is 2.86. The second-order valence-corrected chi connectivity index (χ2v) is 5.99. The summed E-state index contributed by atoms with van der Waals surface area (Å²) in [5.74, 6) is 1.21. The summed E-state index contributed by atoms with van der Waals surface area (Å²) < 4.78 is 8.84. The van der Waals surface area contributed by atoms with Gasteiger partial charge in [0.15, 0.2) is 18.3 Å². The van der Waals surface area contributed by atoms with E-state index < -0.39 is 0 Å². The highest BCUT2D eigenvalue weighted by Gasteiger charge is 2.24. The number of hydrogen-bond acceptors (Lipinski definition) is 7. The lowest BCUT2D eigenvalue weighted by Gasteiger charge is -2.28. The predicted octanol–water partition coefficient (Wildman–Crippen LogP) is -0.149. The number of pyridine rings is 1. The quantitative estimate of drug-likeness (QED) is 0.617. The second-order valence-electron chi connectivity index (χ2n) is 5.99. The molecule has 0 saturated heterocycles. The number of carbonyl (C=O) groups excluding carboxylic acids is 1. The van der Waals surface area contributed by atoms with Crippen LogP contribution in [0.25, 0.3) is 0 Å². The van der Waals surface area contributed by atoms with Gasteiger partial charge in [-0.15, -0.1) is 10.2 Å². The van der Waals surface area contributed by atoms with Crippen LogP contribution in [0, 0.1) is 0 Å². The number of hydrogen-bond donors (Lipinski definition) is 0. The first-order chi connectivity index (χ1) is 13.2. The van der Waals surface area contributed by atoms with Crippen molar-refractivity contribution in [2.75, 3.05) is 6.54 Å². The van der Waals surface area contributed by atoms with Gasteiger partial charge in [0.1, 0.15) is 6.54 Å². The smallest absolute Gasteiger partial charge is 0.316 e. The van der Waals surface area contributed by atoms with E-state index in [1.54, 1.807) is 41.7 Å². The Bertz CT molecular complexity index is 999. The molecule has 0 saturated carbocycles. The Kier molecular flexibility index (Phi) is 4.60. The number of carbonyl (C=O) groups is 1. The van der Waals surface area contributed by atoms with E-state index in [9.17, 15) is 9.59 Å². The molecule has 0 unspecified atom stereocenters. The van der Waals surface area contributed by atoms with Gasteiger partial charge in [-0.25, -0.2) is 9.97 Å². The van der Waals surface area contributed by atoms with E-state index in [-0.39, 0.29) is 30.6 Å². The third kappa shape index (κ3) is 3.68. The topological polar surface area (TPSA) is 108 Å². The molecule has 0 spiro atoms. The summed E-state index contributed by atoms with van der Waals surface area (Å²) in [7, 11) is 0. The molecule has 10 heteroatoms. The lowest BCUT2D eigenvalue weighted by molar-refractivity contribution is -0.133. The summed E-state index contributed by atoms with van der Waals surface area (Å²) >= 11 is 0. The van der Waals surface area contributed by atoms with Crippen molar-refractivity contribution in [3.05, 3.63) is 64.9 Å². The number of amides is 1. The normalized spacial score (nSPS) is 13.3. The van der Waals surface area contributed by atoms with Crippen LogP contribution in [0.2, 0.25) is 0 Å². The Morgan fingerprint density at radius 1 is 1.11 bits per heavy atom. The van der Waals surface area contributed by atoms with Crippen LogP contribution < -0.4 is 10.3 Å². The molecule has 138 valence electrons. The Morgan fingerprint density at radius 2 is 1.96 bits per heavy atom. The van der Waals surface area contributed by atoms with Crippen LogP contribution >= 0.6 is 0 Å². The summed E-state index contributed by atoms with van der Waals surface area (Å²) in [5.41, 5.74) is -0.200. The third-order valence-corrected chi connectivity index (χ3v) is 4.26. The number of fused-ring (bicyclic) bond motifs is 1. The summed E-state index contributed by atoms with van der Waals surface area (Å²) in [5, 5.41) is 8.30. The molecule has 3 aromatic heterocycles. The first-order valence-corrected chi connectivity index (χ1v) is 8.45. The number of rotatable bonds is 5. The van der Waals surface area contributed by atoms with Crippen molar-refractivity contribution in [3.8, 4) is 6.01 Å². The van der Waals surface area contributed by atoms with Crippen LogP contribution in [0.5, 0.6) is 6.01 Å². The molecule has 0 radical (unpaired) electrons. The van der Waals surface area contributed by atoms with Gasteiger partial charge < -0.3 is 18.8 Å². The van der Waals surface area contributed by atoms with Crippen LogP contribution in [-0.4, -0.2) is 46.7 Å². The molecule has 0 fully saturated rings. The predicted molar refractivity (Wildman–Crippen MR) is 92.5 cm³/mol. The Hall–Kier alpha value is -3.56. The van der Waals surface area contributed by atoms with Crippen molar-refractivity contribution in [3.63, 3.8) is 0 Å². The van der Waals surface area contributed by atoms with Crippen molar-refractivity contribution in [2.24, 2.45) is 0 Å². The van der Waals surface area contributed by atoms with E-state index in [2.05, 4.69) is 20.2 Å². The molecule has 3 aromatic rings. The molecule has 1 amide bonds. The molecule has 1 aliphatic heterocycles. The summed E-state index contributed by atoms with van der Waals surface area (Å²) in [4.78, 5) is 34.0.